The van der Waals surface area contributed by atoms with E-state index >= 15 is 0 Å². The lowest BCUT2D eigenvalue weighted by molar-refractivity contribution is -0.158. The summed E-state index contributed by atoms with van der Waals surface area (Å²) >= 11 is 0. The Bertz CT molecular complexity index is 2460. The zero-order chi connectivity index (χ0) is 45.1. The van der Waals surface area contributed by atoms with E-state index in [1.807, 2.05) is 32.9 Å². The first-order chi connectivity index (χ1) is 30.0. The van der Waals surface area contributed by atoms with Crippen molar-refractivity contribution in [2.24, 2.45) is 0 Å². The van der Waals surface area contributed by atoms with Crippen molar-refractivity contribution in [1.29, 1.82) is 0 Å². The van der Waals surface area contributed by atoms with Gasteiger partial charge in [0.05, 0.1) is 18.2 Å². The molecule has 2 saturated heterocycles. The molecule has 2 atom stereocenters. The summed E-state index contributed by atoms with van der Waals surface area (Å²) in [5.41, 5.74) is 3.23. The van der Waals surface area contributed by atoms with Gasteiger partial charge in [-0.3, -0.25) is 29.0 Å². The van der Waals surface area contributed by atoms with Crippen molar-refractivity contribution < 1.29 is 38.2 Å². The zero-order valence-corrected chi connectivity index (χ0v) is 38.4. The lowest BCUT2D eigenvalue weighted by Gasteiger charge is -2.35. The first-order valence-electron chi connectivity index (χ1n) is 21.8. The maximum absolute atomic E-state index is 13.5. The van der Waals surface area contributed by atoms with Crippen LogP contribution in [0.1, 0.15) is 103 Å². The number of pyridine rings is 1. The maximum atomic E-state index is 13.5. The summed E-state index contributed by atoms with van der Waals surface area (Å²) in [6.07, 6.45) is 4.80. The molecule has 3 aliphatic heterocycles. The molecule has 1 unspecified atom stereocenters. The Morgan fingerprint density at radius 1 is 0.984 bits per heavy atom. The van der Waals surface area contributed by atoms with Crippen molar-refractivity contribution in [3.8, 4) is 17.6 Å². The number of nitrogens with zero attached hydrogens (tertiary/aromatic N) is 5. The fourth-order valence-electron chi connectivity index (χ4n) is 8.13. The van der Waals surface area contributed by atoms with Gasteiger partial charge in [0.15, 0.2) is 0 Å². The van der Waals surface area contributed by atoms with Crippen molar-refractivity contribution in [3.63, 3.8) is 0 Å². The van der Waals surface area contributed by atoms with Gasteiger partial charge in [-0.25, -0.2) is 14.3 Å². The molecule has 0 radical (unpaired) electrons. The second kappa shape index (κ2) is 18.9. The molecule has 332 valence electrons. The minimum Gasteiger partial charge on any atom is -0.494 e. The third-order valence-electron chi connectivity index (χ3n) is 11.5. The van der Waals surface area contributed by atoms with Crippen LogP contribution in [0.15, 0.2) is 60.8 Å². The molecule has 4 aromatic rings. The van der Waals surface area contributed by atoms with Crippen LogP contribution >= 0.6 is 0 Å². The number of benzene rings is 2. The van der Waals surface area contributed by atoms with Gasteiger partial charge in [-0.05, 0) is 114 Å². The number of carbonyl (C=O) groups excluding carboxylic acids is 5. The van der Waals surface area contributed by atoms with Crippen molar-refractivity contribution in [3.05, 3.63) is 88.7 Å². The number of nitrogens with one attached hydrogen (secondary N) is 1. The minimum atomic E-state index is -1.33. The number of likely N-dealkylation sites (tertiary alicyclic amines) is 2. The highest BCUT2D eigenvalue weighted by Crippen LogP contribution is 2.36. The van der Waals surface area contributed by atoms with Crippen LogP contribution in [0.3, 0.4) is 0 Å². The molecule has 2 fully saturated rings. The van der Waals surface area contributed by atoms with Crippen molar-refractivity contribution in [2.45, 2.75) is 109 Å². The van der Waals surface area contributed by atoms with E-state index in [0.29, 0.717) is 54.3 Å². The van der Waals surface area contributed by atoms with E-state index in [1.54, 1.807) is 58.1 Å². The van der Waals surface area contributed by atoms with Gasteiger partial charge in [0.2, 0.25) is 5.91 Å². The Balaban J connectivity index is 0.911. The SMILES string of the molecule is CN1CCC[C@@H]1c1cc2cnc(NC(=O)c3ccc(OCCCC#Cc4cccc5c4CN(C4CCC(=O)N(COCC[Si](C)(C)C)C4=O)C5=O)cc3)cc2n1C(=O)OC(C)(C)C. The van der Waals surface area contributed by atoms with E-state index in [1.165, 1.54) is 0 Å². The fourth-order valence-corrected chi connectivity index (χ4v) is 8.89. The Labute approximate surface area is 370 Å². The van der Waals surface area contributed by atoms with Crippen LogP contribution in [0.2, 0.25) is 25.7 Å². The number of unbranched alkanes of at least 4 members (excludes halogenated alkanes) is 1. The molecule has 2 aromatic carbocycles. The smallest absolute Gasteiger partial charge is 0.419 e. The van der Waals surface area contributed by atoms with Crippen LogP contribution in [0.25, 0.3) is 10.9 Å². The molecule has 7 rings (SSSR count). The standard InChI is InChI=1S/C48H58N6O8Si/c1-48(2,3)62-47(59)54-40-28-42(49-29-34(40)27-41(54)38-16-12-23-51(38)4)50-44(56)33-17-19-35(20-18-33)61-24-10-8-9-13-32-14-11-15-36-37(32)30-52(45(36)57)39-21-22-43(55)53(46(39)58)31-60-25-26-63(5,6)7/h11,14-15,17-20,27-29,38-39H,8,10,12,16,21-26,30-31H2,1-7H3,(H,49,50,56)/t38-,39?/m1/s1. The molecular weight excluding hydrogens is 817 g/mol. The number of imide groups is 1. The molecule has 0 saturated carbocycles. The predicted molar refractivity (Wildman–Crippen MR) is 242 cm³/mol. The summed E-state index contributed by atoms with van der Waals surface area (Å²) in [4.78, 5) is 76.0. The lowest BCUT2D eigenvalue weighted by Crippen LogP contribution is -2.55. The molecule has 63 heavy (non-hydrogen) atoms. The van der Waals surface area contributed by atoms with Gasteiger partial charge in [0.25, 0.3) is 17.7 Å². The first-order valence-corrected chi connectivity index (χ1v) is 25.5. The summed E-state index contributed by atoms with van der Waals surface area (Å²) in [6, 6.07) is 16.2. The minimum absolute atomic E-state index is 0.0620. The van der Waals surface area contributed by atoms with E-state index in [-0.39, 0.29) is 49.9 Å². The molecule has 5 heterocycles. The van der Waals surface area contributed by atoms with Gasteiger partial charge in [0, 0.05) is 74.1 Å². The van der Waals surface area contributed by atoms with Crippen LogP contribution in [0.4, 0.5) is 10.6 Å². The van der Waals surface area contributed by atoms with Crippen LogP contribution in [0.5, 0.6) is 5.75 Å². The second-order valence-electron chi connectivity index (χ2n) is 18.7. The maximum Gasteiger partial charge on any atom is 0.419 e. The number of piperidine rings is 1. The summed E-state index contributed by atoms with van der Waals surface area (Å²) < 4.78 is 19.1. The zero-order valence-electron chi connectivity index (χ0n) is 37.4. The normalized spacial score (nSPS) is 18.1. The molecule has 4 amide bonds. The summed E-state index contributed by atoms with van der Waals surface area (Å²) in [7, 11) is 0.723. The number of ether oxygens (including phenoxy) is 3. The van der Waals surface area contributed by atoms with Crippen LogP contribution in [0, 0.1) is 11.8 Å². The largest absolute Gasteiger partial charge is 0.494 e. The van der Waals surface area contributed by atoms with Gasteiger partial charge in [-0.2, -0.15) is 0 Å². The average Bonchev–Trinajstić information content (AvgIpc) is 3.92. The van der Waals surface area contributed by atoms with Crippen molar-refractivity contribution >= 4 is 54.5 Å². The third kappa shape index (κ3) is 10.7. The topological polar surface area (TPSA) is 153 Å². The van der Waals surface area contributed by atoms with Crippen molar-refractivity contribution in [1.82, 2.24) is 24.3 Å². The molecule has 15 heteroatoms. The van der Waals surface area contributed by atoms with Gasteiger partial charge in [0.1, 0.15) is 29.9 Å². The Morgan fingerprint density at radius 2 is 1.76 bits per heavy atom. The number of fused-ring (bicyclic) bond motifs is 2. The van der Waals surface area contributed by atoms with Crippen LogP contribution < -0.4 is 10.1 Å². The third-order valence-corrected chi connectivity index (χ3v) is 13.2. The highest BCUT2D eigenvalue weighted by Gasteiger charge is 2.43. The highest BCUT2D eigenvalue weighted by molar-refractivity contribution is 6.76. The molecule has 0 spiro atoms. The van der Waals surface area contributed by atoms with Gasteiger partial charge in [-0.15, -0.1) is 0 Å². The Kier molecular flexibility index (Phi) is 13.5. The molecule has 0 bridgehead atoms. The number of rotatable bonds is 13. The summed E-state index contributed by atoms with van der Waals surface area (Å²) in [5.74, 6) is 6.08. The Hall–Kier alpha value is -5.82. The van der Waals surface area contributed by atoms with E-state index in [4.69, 9.17) is 14.2 Å². The van der Waals surface area contributed by atoms with Gasteiger partial charge < -0.3 is 24.4 Å². The quantitative estimate of drug-likeness (QED) is 0.0609. The molecule has 3 aliphatic rings. The molecular formula is C48H58N6O8Si. The van der Waals surface area contributed by atoms with E-state index in [2.05, 4.69) is 53.7 Å². The first kappa shape index (κ1) is 45.2. The highest BCUT2D eigenvalue weighted by atomic mass is 28.3. The lowest BCUT2D eigenvalue weighted by atomic mass is 10.0. The van der Waals surface area contributed by atoms with Gasteiger partial charge in [-0.1, -0.05) is 37.5 Å². The number of aromatic nitrogens is 2. The number of amides is 4. The Morgan fingerprint density at radius 3 is 2.48 bits per heavy atom. The predicted octanol–water partition coefficient (Wildman–Crippen LogP) is 7.83. The van der Waals surface area contributed by atoms with Crippen LogP contribution in [-0.2, 0) is 25.6 Å². The van der Waals surface area contributed by atoms with Crippen molar-refractivity contribution in [2.75, 3.05) is 38.9 Å². The molecule has 1 N–H and O–H groups in total. The average molecular weight is 875 g/mol. The summed E-state index contributed by atoms with van der Waals surface area (Å²) in [5, 5.41) is 3.65. The number of anilines is 1. The van der Waals surface area contributed by atoms with Crippen LogP contribution in [-0.4, -0.2) is 107 Å². The van der Waals surface area contributed by atoms with E-state index < -0.39 is 31.7 Å². The van der Waals surface area contributed by atoms with E-state index in [9.17, 15) is 24.0 Å². The number of hydrogen-bond acceptors (Lipinski definition) is 10. The number of carbonyl (C=O) groups is 5. The summed E-state index contributed by atoms with van der Waals surface area (Å²) in [6.45, 7) is 14.2. The molecule has 14 nitrogen and oxygen atoms in total. The fraction of sp³-hybridized carbons (Fsp3) is 0.458. The second-order valence-corrected chi connectivity index (χ2v) is 24.3. The van der Waals surface area contributed by atoms with E-state index in [0.717, 1.165) is 52.5 Å². The monoisotopic (exact) mass is 874 g/mol. The van der Waals surface area contributed by atoms with Gasteiger partial charge >= 0.3 is 6.09 Å². The number of hydrogen-bond donors (Lipinski definition) is 1. The molecule has 0 aliphatic carbocycles. The molecule has 2 aromatic heterocycles.